The van der Waals surface area contributed by atoms with E-state index in [1.54, 1.807) is 25.2 Å². The second-order valence-electron chi connectivity index (χ2n) is 6.36. The molecule has 0 fully saturated rings. The normalized spacial score (nSPS) is 10.2. The molecule has 3 aromatic rings. The highest BCUT2D eigenvalue weighted by Crippen LogP contribution is 2.20. The van der Waals surface area contributed by atoms with Crippen molar-refractivity contribution < 1.29 is 9.59 Å². The smallest absolute Gasteiger partial charge is 0.326 e. The molecule has 3 aromatic carbocycles. The van der Waals surface area contributed by atoms with E-state index in [0.717, 1.165) is 12.0 Å². The number of carbonyl (C=O) groups excluding carboxylic acids is 2. The molecule has 0 aromatic heterocycles. The van der Waals surface area contributed by atoms with Gasteiger partial charge in [-0.25, -0.2) is 4.79 Å². The van der Waals surface area contributed by atoms with Crippen LogP contribution in [0.1, 0.15) is 15.9 Å². The summed E-state index contributed by atoms with van der Waals surface area (Å²) < 4.78 is 0. The highest BCUT2D eigenvalue weighted by atomic mass is 16.2. The molecular formula is C23H23N3O2. The van der Waals surface area contributed by atoms with Gasteiger partial charge in [0.2, 0.25) is 0 Å². The van der Waals surface area contributed by atoms with Crippen molar-refractivity contribution in [2.24, 2.45) is 0 Å². The maximum atomic E-state index is 12.7. The molecule has 0 atom stereocenters. The van der Waals surface area contributed by atoms with Crippen LogP contribution >= 0.6 is 0 Å². The first-order chi connectivity index (χ1) is 13.6. The van der Waals surface area contributed by atoms with Gasteiger partial charge in [-0.05, 0) is 36.2 Å². The fourth-order valence-corrected chi connectivity index (χ4v) is 2.86. The lowest BCUT2D eigenvalue weighted by Crippen LogP contribution is -2.34. The summed E-state index contributed by atoms with van der Waals surface area (Å²) >= 11 is 0. The van der Waals surface area contributed by atoms with Crippen molar-refractivity contribution in [2.75, 3.05) is 23.8 Å². The SMILES string of the molecule is CN(C(=O)Nc1ccccc1)c1ccccc1C(=O)NCCc1ccccc1. The summed E-state index contributed by atoms with van der Waals surface area (Å²) in [7, 11) is 1.65. The molecule has 0 unspecified atom stereocenters. The molecule has 2 N–H and O–H groups in total. The molecule has 5 heteroatoms. The minimum Gasteiger partial charge on any atom is -0.352 e. The lowest BCUT2D eigenvalue weighted by molar-refractivity contribution is 0.0955. The number of hydrogen-bond donors (Lipinski definition) is 2. The minimum atomic E-state index is -0.310. The Bertz CT molecular complexity index is 927. The fraction of sp³-hybridized carbons (Fsp3) is 0.130. The van der Waals surface area contributed by atoms with Crippen LogP contribution in [-0.2, 0) is 6.42 Å². The molecular weight excluding hydrogens is 350 g/mol. The molecule has 3 rings (SSSR count). The van der Waals surface area contributed by atoms with E-state index >= 15 is 0 Å². The van der Waals surface area contributed by atoms with E-state index in [9.17, 15) is 9.59 Å². The van der Waals surface area contributed by atoms with Gasteiger partial charge in [-0.15, -0.1) is 0 Å². The second kappa shape index (κ2) is 9.37. The number of amides is 3. The number of nitrogens with one attached hydrogen (secondary N) is 2. The number of carbonyl (C=O) groups is 2. The van der Waals surface area contributed by atoms with Gasteiger partial charge < -0.3 is 10.6 Å². The molecule has 3 amide bonds. The molecule has 28 heavy (non-hydrogen) atoms. The quantitative estimate of drug-likeness (QED) is 0.676. The number of urea groups is 1. The van der Waals surface area contributed by atoms with Crippen LogP contribution in [0.15, 0.2) is 84.9 Å². The van der Waals surface area contributed by atoms with Gasteiger partial charge in [-0.3, -0.25) is 9.69 Å². The molecule has 0 saturated carbocycles. The Morgan fingerprint density at radius 1 is 0.821 bits per heavy atom. The number of hydrogen-bond acceptors (Lipinski definition) is 2. The summed E-state index contributed by atoms with van der Waals surface area (Å²) in [6.45, 7) is 0.525. The maximum absolute atomic E-state index is 12.7. The van der Waals surface area contributed by atoms with Gasteiger partial charge in [-0.2, -0.15) is 0 Å². The summed E-state index contributed by atoms with van der Waals surface area (Å²) in [5.74, 6) is -0.203. The van der Waals surface area contributed by atoms with Crippen molar-refractivity contribution in [2.45, 2.75) is 6.42 Å². The van der Waals surface area contributed by atoms with Crippen LogP contribution in [0.5, 0.6) is 0 Å². The lowest BCUT2D eigenvalue weighted by atomic mass is 10.1. The number of nitrogens with zero attached hydrogens (tertiary/aromatic N) is 1. The van der Waals surface area contributed by atoms with Crippen LogP contribution in [0.4, 0.5) is 16.2 Å². The number of benzene rings is 3. The highest BCUT2D eigenvalue weighted by Gasteiger charge is 2.18. The third kappa shape index (κ3) is 4.98. The summed E-state index contributed by atoms with van der Waals surface area (Å²) in [5, 5.41) is 5.76. The summed E-state index contributed by atoms with van der Waals surface area (Å²) in [6, 6.07) is 26.0. The molecule has 0 aliphatic rings. The van der Waals surface area contributed by atoms with Crippen LogP contribution in [-0.4, -0.2) is 25.5 Å². The van der Waals surface area contributed by atoms with Crippen molar-refractivity contribution in [1.29, 1.82) is 0 Å². The molecule has 0 aliphatic heterocycles. The van der Waals surface area contributed by atoms with Gasteiger partial charge in [0.15, 0.2) is 0 Å². The van der Waals surface area contributed by atoms with Gasteiger partial charge >= 0.3 is 6.03 Å². The van der Waals surface area contributed by atoms with E-state index in [1.807, 2.05) is 66.7 Å². The molecule has 0 heterocycles. The number of anilines is 2. The van der Waals surface area contributed by atoms with E-state index in [0.29, 0.717) is 23.5 Å². The van der Waals surface area contributed by atoms with E-state index in [1.165, 1.54) is 4.90 Å². The van der Waals surface area contributed by atoms with Gasteiger partial charge in [0.25, 0.3) is 5.91 Å². The summed E-state index contributed by atoms with van der Waals surface area (Å²) in [5.41, 5.74) is 2.87. The predicted molar refractivity (Wildman–Crippen MR) is 113 cm³/mol. The average molecular weight is 373 g/mol. The Kier molecular flexibility index (Phi) is 6.41. The Hall–Kier alpha value is -3.60. The first-order valence-electron chi connectivity index (χ1n) is 9.16. The Balaban J connectivity index is 1.66. The molecule has 5 nitrogen and oxygen atoms in total. The molecule has 0 bridgehead atoms. The molecule has 0 spiro atoms. The van der Waals surface area contributed by atoms with E-state index < -0.39 is 0 Å². The first-order valence-corrected chi connectivity index (χ1v) is 9.16. The van der Waals surface area contributed by atoms with Crippen LogP contribution in [0.2, 0.25) is 0 Å². The van der Waals surface area contributed by atoms with E-state index in [-0.39, 0.29) is 11.9 Å². The zero-order valence-electron chi connectivity index (χ0n) is 15.8. The Morgan fingerprint density at radius 2 is 1.43 bits per heavy atom. The fourth-order valence-electron chi connectivity index (χ4n) is 2.86. The van der Waals surface area contributed by atoms with Gasteiger partial charge in [-0.1, -0.05) is 60.7 Å². The van der Waals surface area contributed by atoms with Crippen molar-refractivity contribution in [1.82, 2.24) is 5.32 Å². The van der Waals surface area contributed by atoms with Gasteiger partial charge in [0, 0.05) is 19.3 Å². The zero-order valence-corrected chi connectivity index (χ0v) is 15.8. The van der Waals surface area contributed by atoms with Crippen LogP contribution in [0.3, 0.4) is 0 Å². The Morgan fingerprint density at radius 3 is 2.14 bits per heavy atom. The third-order valence-electron chi connectivity index (χ3n) is 4.38. The van der Waals surface area contributed by atoms with Crippen molar-refractivity contribution >= 4 is 23.3 Å². The topological polar surface area (TPSA) is 61.4 Å². The van der Waals surface area contributed by atoms with Crippen molar-refractivity contribution in [3.63, 3.8) is 0 Å². The van der Waals surface area contributed by atoms with Crippen LogP contribution in [0, 0.1) is 0 Å². The van der Waals surface area contributed by atoms with Crippen molar-refractivity contribution in [3.8, 4) is 0 Å². The average Bonchev–Trinajstić information content (AvgIpc) is 2.74. The third-order valence-corrected chi connectivity index (χ3v) is 4.38. The lowest BCUT2D eigenvalue weighted by Gasteiger charge is -2.21. The first kappa shape index (κ1) is 19.2. The summed E-state index contributed by atoms with van der Waals surface area (Å²) in [6.07, 6.45) is 0.749. The maximum Gasteiger partial charge on any atom is 0.326 e. The van der Waals surface area contributed by atoms with Crippen LogP contribution < -0.4 is 15.5 Å². The van der Waals surface area contributed by atoms with Gasteiger partial charge in [0.05, 0.1) is 11.3 Å². The molecule has 0 saturated heterocycles. The monoisotopic (exact) mass is 373 g/mol. The van der Waals surface area contributed by atoms with Crippen molar-refractivity contribution in [3.05, 3.63) is 96.1 Å². The highest BCUT2D eigenvalue weighted by molar-refractivity contribution is 6.07. The minimum absolute atomic E-state index is 0.203. The predicted octanol–water partition coefficient (Wildman–Crippen LogP) is 4.33. The molecule has 0 aliphatic carbocycles. The van der Waals surface area contributed by atoms with E-state index in [4.69, 9.17) is 0 Å². The zero-order chi connectivity index (χ0) is 19.8. The van der Waals surface area contributed by atoms with Crippen LogP contribution in [0.25, 0.3) is 0 Å². The second-order valence-corrected chi connectivity index (χ2v) is 6.36. The van der Waals surface area contributed by atoms with E-state index in [2.05, 4.69) is 10.6 Å². The van der Waals surface area contributed by atoms with Gasteiger partial charge in [0.1, 0.15) is 0 Å². The number of para-hydroxylation sites is 2. The standard InChI is InChI=1S/C23H23N3O2/c1-26(23(28)25-19-12-6-3-7-13-19)21-15-9-8-14-20(21)22(27)24-17-16-18-10-4-2-5-11-18/h2-15H,16-17H2,1H3,(H,24,27)(H,25,28). The Labute approximate surface area is 165 Å². The number of rotatable bonds is 6. The summed E-state index contributed by atoms with van der Waals surface area (Å²) in [4.78, 5) is 26.7. The molecule has 0 radical (unpaired) electrons. The largest absolute Gasteiger partial charge is 0.352 e. The molecule has 142 valence electrons.